The van der Waals surface area contributed by atoms with Gasteiger partial charge in [0.15, 0.2) is 0 Å². The number of allylic oxidation sites excluding steroid dienone is 6. The molecule has 0 saturated heterocycles. The summed E-state index contributed by atoms with van der Waals surface area (Å²) in [5.74, 6) is 0. The first kappa shape index (κ1) is 16.4. The lowest BCUT2D eigenvalue weighted by Gasteiger charge is -2.16. The fraction of sp³-hybridized carbons (Fsp3) is 0.353. The zero-order valence-electron chi connectivity index (χ0n) is 13.0. The number of nitrogens with zero attached hydrogens (tertiary/aromatic N) is 1. The second-order valence-corrected chi connectivity index (χ2v) is 5.84. The maximum atomic E-state index is 8.07. The summed E-state index contributed by atoms with van der Waals surface area (Å²) >= 11 is 1.60. The molecule has 0 fully saturated rings. The first-order valence-electron chi connectivity index (χ1n) is 6.83. The molecular weight excluding hydrogens is 264 g/mol. The molecule has 0 spiro atoms. The number of nitrogens with one attached hydrogen (secondary N) is 1. The molecule has 3 heteroatoms. The average Bonchev–Trinajstić information content (AvgIpc) is 2.97. The average molecular weight is 288 g/mol. The van der Waals surface area contributed by atoms with Gasteiger partial charge >= 0.3 is 0 Å². The first-order valence-corrected chi connectivity index (χ1v) is 7.71. The van der Waals surface area contributed by atoms with Crippen molar-refractivity contribution in [1.29, 1.82) is 5.41 Å². The van der Waals surface area contributed by atoms with Gasteiger partial charge < -0.3 is 4.90 Å². The first-order chi connectivity index (χ1) is 9.45. The molecule has 0 bridgehead atoms. The van der Waals surface area contributed by atoms with Crippen LogP contribution >= 0.6 is 11.3 Å². The van der Waals surface area contributed by atoms with E-state index in [0.717, 1.165) is 17.0 Å². The molecule has 1 aromatic heterocycles. The fourth-order valence-corrected chi connectivity index (χ4v) is 2.23. The molecule has 1 rings (SSSR count). The SMILES string of the molecule is CCN(C)C(C)=CC=C(C)C(C)=CC(=N)c1cccs1. The molecule has 0 atom stereocenters. The van der Waals surface area contributed by atoms with Gasteiger partial charge in [-0.3, -0.25) is 5.41 Å². The van der Waals surface area contributed by atoms with E-state index in [1.165, 1.54) is 11.3 Å². The minimum Gasteiger partial charge on any atom is -0.378 e. The molecule has 0 unspecified atom stereocenters. The Kier molecular flexibility index (Phi) is 6.46. The monoisotopic (exact) mass is 288 g/mol. The highest BCUT2D eigenvalue weighted by atomic mass is 32.1. The van der Waals surface area contributed by atoms with Crippen LogP contribution in [-0.4, -0.2) is 24.2 Å². The number of rotatable bonds is 6. The number of thiophene rings is 1. The smallest absolute Gasteiger partial charge is 0.0714 e. The topological polar surface area (TPSA) is 27.1 Å². The van der Waals surface area contributed by atoms with E-state index >= 15 is 0 Å². The third-order valence-electron chi connectivity index (χ3n) is 3.42. The lowest BCUT2D eigenvalue weighted by atomic mass is 10.1. The Morgan fingerprint density at radius 2 is 1.95 bits per heavy atom. The van der Waals surface area contributed by atoms with Crippen LogP contribution in [-0.2, 0) is 0 Å². The van der Waals surface area contributed by atoms with Crippen LogP contribution in [0.1, 0.15) is 32.6 Å². The van der Waals surface area contributed by atoms with Gasteiger partial charge in [0.25, 0.3) is 0 Å². The maximum Gasteiger partial charge on any atom is 0.0714 e. The van der Waals surface area contributed by atoms with Crippen LogP contribution < -0.4 is 0 Å². The van der Waals surface area contributed by atoms with E-state index in [2.05, 4.69) is 51.8 Å². The molecule has 0 aliphatic heterocycles. The van der Waals surface area contributed by atoms with Crippen molar-refractivity contribution >= 4 is 17.0 Å². The van der Waals surface area contributed by atoms with Gasteiger partial charge in [-0.25, -0.2) is 0 Å². The summed E-state index contributed by atoms with van der Waals surface area (Å²) in [5.41, 5.74) is 4.14. The van der Waals surface area contributed by atoms with Gasteiger partial charge in [0.2, 0.25) is 0 Å². The number of hydrogen-bond acceptors (Lipinski definition) is 3. The van der Waals surface area contributed by atoms with Crippen molar-refractivity contribution in [3.05, 3.63) is 57.5 Å². The van der Waals surface area contributed by atoms with Crippen molar-refractivity contribution < 1.29 is 0 Å². The molecule has 0 amide bonds. The highest BCUT2D eigenvalue weighted by Crippen LogP contribution is 2.15. The Bertz CT molecular complexity index is 533. The van der Waals surface area contributed by atoms with Crippen LogP contribution in [0.25, 0.3) is 0 Å². The van der Waals surface area contributed by atoms with E-state index < -0.39 is 0 Å². The van der Waals surface area contributed by atoms with Crippen LogP contribution in [0, 0.1) is 5.41 Å². The Labute approximate surface area is 126 Å². The Morgan fingerprint density at radius 1 is 1.25 bits per heavy atom. The van der Waals surface area contributed by atoms with Gasteiger partial charge in [-0.05, 0) is 62.4 Å². The third kappa shape index (κ3) is 4.82. The van der Waals surface area contributed by atoms with E-state index in [4.69, 9.17) is 5.41 Å². The molecule has 2 nitrogen and oxygen atoms in total. The van der Waals surface area contributed by atoms with Gasteiger partial charge in [-0.1, -0.05) is 12.1 Å². The largest absolute Gasteiger partial charge is 0.378 e. The van der Waals surface area contributed by atoms with Gasteiger partial charge in [0, 0.05) is 19.3 Å². The summed E-state index contributed by atoms with van der Waals surface area (Å²) in [6.45, 7) is 9.40. The van der Waals surface area contributed by atoms with Crippen LogP contribution in [0.15, 0.2) is 52.6 Å². The summed E-state index contributed by atoms with van der Waals surface area (Å²) in [4.78, 5) is 3.21. The summed E-state index contributed by atoms with van der Waals surface area (Å²) in [6, 6.07) is 3.96. The van der Waals surface area contributed by atoms with Gasteiger partial charge in [0.05, 0.1) is 10.6 Å². The van der Waals surface area contributed by atoms with Crippen LogP contribution in [0.5, 0.6) is 0 Å². The molecule has 1 aromatic rings. The molecule has 0 aliphatic rings. The van der Waals surface area contributed by atoms with E-state index in [0.29, 0.717) is 5.71 Å². The predicted octanol–water partition coefficient (Wildman–Crippen LogP) is 4.86. The van der Waals surface area contributed by atoms with E-state index in [-0.39, 0.29) is 0 Å². The van der Waals surface area contributed by atoms with Gasteiger partial charge in [-0.2, -0.15) is 0 Å². The minimum absolute atomic E-state index is 0.580. The second kappa shape index (κ2) is 7.85. The summed E-state index contributed by atoms with van der Waals surface area (Å²) in [5, 5.41) is 10.1. The summed E-state index contributed by atoms with van der Waals surface area (Å²) in [7, 11) is 2.09. The van der Waals surface area contributed by atoms with Crippen molar-refractivity contribution in [2.45, 2.75) is 27.7 Å². The lowest BCUT2D eigenvalue weighted by molar-refractivity contribution is 0.443. The normalized spacial score (nSPS) is 13.6. The lowest BCUT2D eigenvalue weighted by Crippen LogP contribution is -2.14. The van der Waals surface area contributed by atoms with Crippen LogP contribution in [0.3, 0.4) is 0 Å². The van der Waals surface area contributed by atoms with Crippen molar-refractivity contribution in [1.82, 2.24) is 4.90 Å². The molecule has 0 radical (unpaired) electrons. The molecule has 0 aliphatic carbocycles. The Morgan fingerprint density at radius 3 is 2.50 bits per heavy atom. The van der Waals surface area contributed by atoms with Crippen LogP contribution in [0.2, 0.25) is 0 Å². The second-order valence-electron chi connectivity index (χ2n) is 4.89. The Hall–Kier alpha value is -1.61. The molecule has 20 heavy (non-hydrogen) atoms. The third-order valence-corrected chi connectivity index (χ3v) is 4.32. The quantitative estimate of drug-likeness (QED) is 0.587. The minimum atomic E-state index is 0.580. The van der Waals surface area contributed by atoms with E-state index in [1.54, 1.807) is 11.3 Å². The van der Waals surface area contributed by atoms with Crippen molar-refractivity contribution in [3.63, 3.8) is 0 Å². The van der Waals surface area contributed by atoms with Crippen molar-refractivity contribution in [3.8, 4) is 0 Å². The molecule has 1 heterocycles. The van der Waals surface area contributed by atoms with Gasteiger partial charge in [0.1, 0.15) is 0 Å². The highest BCUT2D eigenvalue weighted by molar-refractivity contribution is 7.12. The molecule has 0 aromatic carbocycles. The zero-order chi connectivity index (χ0) is 15.1. The van der Waals surface area contributed by atoms with Crippen LogP contribution in [0.4, 0.5) is 0 Å². The molecule has 0 saturated carbocycles. The zero-order valence-corrected chi connectivity index (χ0v) is 13.8. The van der Waals surface area contributed by atoms with Gasteiger partial charge in [-0.15, -0.1) is 11.3 Å². The van der Waals surface area contributed by atoms with Crippen molar-refractivity contribution in [2.24, 2.45) is 0 Å². The summed E-state index contributed by atoms with van der Waals surface area (Å²) in [6.07, 6.45) is 6.18. The van der Waals surface area contributed by atoms with E-state index in [1.807, 2.05) is 23.6 Å². The Balaban J connectivity index is 2.81. The molecular formula is C17H24N2S. The fourth-order valence-electron chi connectivity index (χ4n) is 1.59. The molecule has 108 valence electrons. The predicted molar refractivity (Wildman–Crippen MR) is 90.7 cm³/mol. The molecule has 1 N–H and O–H groups in total. The van der Waals surface area contributed by atoms with E-state index in [9.17, 15) is 0 Å². The number of hydrogen-bond donors (Lipinski definition) is 1. The summed E-state index contributed by atoms with van der Waals surface area (Å²) < 4.78 is 0. The highest BCUT2D eigenvalue weighted by Gasteiger charge is 2.01. The van der Waals surface area contributed by atoms with Crippen molar-refractivity contribution in [2.75, 3.05) is 13.6 Å². The standard InChI is InChI=1S/C17H24N2S/c1-6-19(5)15(4)10-9-13(2)14(3)12-16(18)17-8-7-11-20-17/h7-12,18H,6H2,1-5H3. The maximum absolute atomic E-state index is 8.07.